The molecule has 1 aliphatic carbocycles. The molecule has 120 valence electrons. The monoisotopic (exact) mass is 329 g/mol. The fraction of sp³-hybridized carbons (Fsp3) is 0.294. The molecule has 0 saturated heterocycles. The summed E-state index contributed by atoms with van der Waals surface area (Å²) in [5.74, 6) is 0.0489. The van der Waals surface area contributed by atoms with E-state index in [0.29, 0.717) is 22.2 Å². The molecule has 0 aliphatic heterocycles. The van der Waals surface area contributed by atoms with E-state index in [4.69, 9.17) is 5.73 Å². The molecule has 3 amide bonds. The molecule has 1 aromatic heterocycles. The molecule has 1 unspecified atom stereocenters. The third-order valence-corrected chi connectivity index (χ3v) is 5.22. The van der Waals surface area contributed by atoms with Gasteiger partial charge < -0.3 is 11.1 Å². The van der Waals surface area contributed by atoms with Crippen LogP contribution in [0.1, 0.15) is 34.1 Å². The molecule has 23 heavy (non-hydrogen) atoms. The Hall–Kier alpha value is -2.34. The first kappa shape index (κ1) is 15.6. The molecule has 1 aliphatic rings. The highest BCUT2D eigenvalue weighted by molar-refractivity contribution is 7.17. The number of urea groups is 1. The van der Waals surface area contributed by atoms with E-state index >= 15 is 0 Å². The Labute approximate surface area is 138 Å². The molecule has 5 nitrogen and oxygen atoms in total. The van der Waals surface area contributed by atoms with Gasteiger partial charge in [0, 0.05) is 10.6 Å². The zero-order valence-corrected chi connectivity index (χ0v) is 13.7. The highest BCUT2D eigenvalue weighted by atomic mass is 32.1. The van der Waals surface area contributed by atoms with Crippen molar-refractivity contribution in [3.8, 4) is 0 Å². The SMILES string of the molecule is CC1CCc2sc(NC(=O)Nc3ccccc3)c(C(N)=O)c2C1. The minimum Gasteiger partial charge on any atom is -0.365 e. The molecule has 6 heteroatoms. The Morgan fingerprint density at radius 2 is 1.96 bits per heavy atom. The normalized spacial score (nSPS) is 16.5. The number of anilines is 2. The number of amides is 3. The second kappa shape index (κ2) is 6.42. The summed E-state index contributed by atoms with van der Waals surface area (Å²) in [6, 6.07) is 8.80. The van der Waals surface area contributed by atoms with Gasteiger partial charge in [-0.3, -0.25) is 10.1 Å². The van der Waals surface area contributed by atoms with Crippen molar-refractivity contribution in [1.82, 2.24) is 0 Å². The fourth-order valence-electron chi connectivity index (χ4n) is 2.89. The first-order valence-corrected chi connectivity index (χ1v) is 8.43. The number of fused-ring (bicyclic) bond motifs is 1. The van der Waals surface area contributed by atoms with Gasteiger partial charge in [0.05, 0.1) is 5.56 Å². The van der Waals surface area contributed by atoms with Gasteiger partial charge in [-0.15, -0.1) is 11.3 Å². The molecule has 1 aromatic carbocycles. The van der Waals surface area contributed by atoms with Crippen molar-refractivity contribution >= 4 is 34.0 Å². The first-order valence-electron chi connectivity index (χ1n) is 7.62. The van der Waals surface area contributed by atoms with Gasteiger partial charge in [0.25, 0.3) is 5.91 Å². The van der Waals surface area contributed by atoms with Gasteiger partial charge in [0.2, 0.25) is 0 Å². The van der Waals surface area contributed by atoms with Crippen LogP contribution in [0, 0.1) is 5.92 Å². The summed E-state index contributed by atoms with van der Waals surface area (Å²) in [7, 11) is 0. The number of para-hydroxylation sites is 1. The maximum Gasteiger partial charge on any atom is 0.324 e. The number of rotatable bonds is 3. The summed E-state index contributed by atoms with van der Waals surface area (Å²) in [5, 5.41) is 6.08. The van der Waals surface area contributed by atoms with Crippen LogP contribution in [0.15, 0.2) is 30.3 Å². The summed E-state index contributed by atoms with van der Waals surface area (Å²) in [6.45, 7) is 2.17. The quantitative estimate of drug-likeness (QED) is 0.803. The van der Waals surface area contributed by atoms with Crippen molar-refractivity contribution in [3.63, 3.8) is 0 Å². The van der Waals surface area contributed by atoms with Gasteiger partial charge in [-0.2, -0.15) is 0 Å². The highest BCUT2D eigenvalue weighted by Crippen LogP contribution is 2.39. The van der Waals surface area contributed by atoms with Gasteiger partial charge in [-0.25, -0.2) is 4.79 Å². The van der Waals surface area contributed by atoms with Gasteiger partial charge in [0.15, 0.2) is 0 Å². The van der Waals surface area contributed by atoms with Crippen LogP contribution in [0.5, 0.6) is 0 Å². The third kappa shape index (κ3) is 3.37. The number of nitrogens with two attached hydrogens (primary N) is 1. The summed E-state index contributed by atoms with van der Waals surface area (Å²) >= 11 is 1.46. The molecule has 0 saturated carbocycles. The number of hydrogen-bond donors (Lipinski definition) is 3. The van der Waals surface area contributed by atoms with Gasteiger partial charge in [-0.05, 0) is 42.9 Å². The summed E-state index contributed by atoms with van der Waals surface area (Å²) < 4.78 is 0. The van der Waals surface area contributed by atoms with E-state index in [9.17, 15) is 9.59 Å². The van der Waals surface area contributed by atoms with Crippen molar-refractivity contribution in [2.24, 2.45) is 11.7 Å². The molecule has 1 atom stereocenters. The summed E-state index contributed by atoms with van der Waals surface area (Å²) in [6.07, 6.45) is 2.87. The molecular formula is C17H19N3O2S. The lowest BCUT2D eigenvalue weighted by Gasteiger charge is -2.18. The first-order chi connectivity index (χ1) is 11.0. The van der Waals surface area contributed by atoms with E-state index < -0.39 is 5.91 Å². The lowest BCUT2D eigenvalue weighted by Crippen LogP contribution is -2.22. The van der Waals surface area contributed by atoms with Crippen LogP contribution in [0.25, 0.3) is 0 Å². The molecule has 0 radical (unpaired) electrons. The van der Waals surface area contributed by atoms with Crippen molar-refractivity contribution in [3.05, 3.63) is 46.3 Å². The van der Waals surface area contributed by atoms with E-state index in [2.05, 4.69) is 17.6 Å². The van der Waals surface area contributed by atoms with E-state index in [1.54, 1.807) is 12.1 Å². The Balaban J connectivity index is 1.82. The second-order valence-electron chi connectivity index (χ2n) is 5.87. The van der Waals surface area contributed by atoms with Gasteiger partial charge >= 0.3 is 6.03 Å². The molecule has 0 bridgehead atoms. The molecule has 3 rings (SSSR count). The predicted molar refractivity (Wildman–Crippen MR) is 93.1 cm³/mol. The molecule has 2 aromatic rings. The largest absolute Gasteiger partial charge is 0.365 e. The standard InChI is InChI=1S/C17H19N3O2S/c1-10-7-8-13-12(9-10)14(15(18)21)16(23-13)20-17(22)19-11-5-3-2-4-6-11/h2-6,10H,7-9H2,1H3,(H2,18,21)(H2,19,20,22). The lowest BCUT2D eigenvalue weighted by atomic mass is 9.87. The summed E-state index contributed by atoms with van der Waals surface area (Å²) in [4.78, 5) is 25.2. The number of hydrogen-bond acceptors (Lipinski definition) is 3. The maximum absolute atomic E-state index is 12.2. The van der Waals surface area contributed by atoms with Gasteiger partial charge in [-0.1, -0.05) is 25.1 Å². The summed E-state index contributed by atoms with van der Waals surface area (Å²) in [5.41, 5.74) is 7.73. The zero-order valence-electron chi connectivity index (χ0n) is 12.9. The number of nitrogens with one attached hydrogen (secondary N) is 2. The number of carbonyl (C=O) groups excluding carboxylic acids is 2. The fourth-order valence-corrected chi connectivity index (χ4v) is 4.14. The molecule has 0 fully saturated rings. The molecule has 4 N–H and O–H groups in total. The van der Waals surface area contributed by atoms with Crippen molar-refractivity contribution in [1.29, 1.82) is 0 Å². The second-order valence-corrected chi connectivity index (χ2v) is 6.97. The predicted octanol–water partition coefficient (Wildman–Crippen LogP) is 3.62. The molecular weight excluding hydrogens is 310 g/mol. The maximum atomic E-state index is 12.2. The average molecular weight is 329 g/mol. The van der Waals surface area contributed by atoms with E-state index in [0.717, 1.165) is 29.7 Å². The van der Waals surface area contributed by atoms with E-state index in [1.807, 2.05) is 18.2 Å². The number of thiophene rings is 1. The topological polar surface area (TPSA) is 84.2 Å². The minimum atomic E-state index is -0.480. The van der Waals surface area contributed by atoms with Crippen molar-refractivity contribution in [2.45, 2.75) is 26.2 Å². The zero-order chi connectivity index (χ0) is 16.4. The Morgan fingerprint density at radius 3 is 2.65 bits per heavy atom. The van der Waals surface area contributed by atoms with Crippen LogP contribution >= 0.6 is 11.3 Å². The van der Waals surface area contributed by atoms with Crippen LogP contribution in [-0.2, 0) is 12.8 Å². The average Bonchev–Trinajstić information content (AvgIpc) is 2.85. The number of carbonyl (C=O) groups is 2. The Kier molecular flexibility index (Phi) is 4.34. The third-order valence-electron chi connectivity index (χ3n) is 4.01. The van der Waals surface area contributed by atoms with Crippen LogP contribution in [0.3, 0.4) is 0 Å². The number of primary amides is 1. The van der Waals surface area contributed by atoms with Crippen molar-refractivity contribution < 1.29 is 9.59 Å². The molecule has 0 spiro atoms. The van der Waals surface area contributed by atoms with Crippen LogP contribution in [-0.4, -0.2) is 11.9 Å². The number of benzene rings is 1. The Bertz CT molecular complexity index is 740. The van der Waals surface area contributed by atoms with E-state index in [-0.39, 0.29) is 6.03 Å². The van der Waals surface area contributed by atoms with Crippen molar-refractivity contribution in [2.75, 3.05) is 10.6 Å². The van der Waals surface area contributed by atoms with Gasteiger partial charge in [0.1, 0.15) is 5.00 Å². The smallest absolute Gasteiger partial charge is 0.324 e. The Morgan fingerprint density at radius 1 is 1.22 bits per heavy atom. The lowest BCUT2D eigenvalue weighted by molar-refractivity contribution is 0.1000. The molecule has 1 heterocycles. The van der Waals surface area contributed by atoms with E-state index in [1.165, 1.54) is 11.3 Å². The number of aryl methyl sites for hydroxylation is 1. The van der Waals surface area contributed by atoms with Crippen LogP contribution in [0.2, 0.25) is 0 Å². The minimum absolute atomic E-state index is 0.370. The van der Waals surface area contributed by atoms with Crippen LogP contribution in [0.4, 0.5) is 15.5 Å². The highest BCUT2D eigenvalue weighted by Gasteiger charge is 2.27. The van der Waals surface area contributed by atoms with Crippen LogP contribution < -0.4 is 16.4 Å².